The minimum atomic E-state index is 0.141. The number of hydrogen-bond donors (Lipinski definition) is 2. The lowest BCUT2D eigenvalue weighted by Gasteiger charge is -2.23. The van der Waals surface area contributed by atoms with E-state index in [2.05, 4.69) is 12.6 Å². The summed E-state index contributed by atoms with van der Waals surface area (Å²) in [5.74, 6) is 0.163. The monoisotopic (exact) mass is 189 g/mol. The van der Waals surface area contributed by atoms with E-state index in [0.29, 0.717) is 12.8 Å². The van der Waals surface area contributed by atoms with E-state index in [1.807, 2.05) is 6.92 Å². The Kier molecular flexibility index (Phi) is 3.40. The number of rotatable bonds is 3. The molecule has 1 unspecified atom stereocenters. The van der Waals surface area contributed by atoms with Crippen molar-refractivity contribution in [3.63, 3.8) is 0 Å². The molecule has 0 aromatic carbocycles. The van der Waals surface area contributed by atoms with Crippen LogP contribution in [-0.2, 0) is 4.79 Å². The topological polar surface area (TPSA) is 40.5 Å². The zero-order valence-corrected chi connectivity index (χ0v) is 8.13. The van der Waals surface area contributed by atoms with Crippen molar-refractivity contribution in [1.29, 1.82) is 0 Å². The fraction of sp³-hybridized carbons (Fsp3) is 0.875. The minimum Gasteiger partial charge on any atom is -0.396 e. The summed E-state index contributed by atoms with van der Waals surface area (Å²) in [7, 11) is 0. The number of nitrogens with zero attached hydrogens (tertiary/aromatic N) is 1. The van der Waals surface area contributed by atoms with E-state index in [-0.39, 0.29) is 23.8 Å². The third-order valence-electron chi connectivity index (χ3n) is 2.22. The van der Waals surface area contributed by atoms with Crippen molar-refractivity contribution in [3.05, 3.63) is 0 Å². The zero-order chi connectivity index (χ0) is 9.14. The average molecular weight is 189 g/mol. The maximum Gasteiger partial charge on any atom is 0.224 e. The van der Waals surface area contributed by atoms with E-state index >= 15 is 0 Å². The van der Waals surface area contributed by atoms with E-state index in [4.69, 9.17) is 5.11 Å². The molecule has 1 aliphatic heterocycles. The van der Waals surface area contributed by atoms with Gasteiger partial charge in [0.1, 0.15) is 0 Å². The van der Waals surface area contributed by atoms with Gasteiger partial charge in [0.05, 0.1) is 0 Å². The zero-order valence-electron chi connectivity index (χ0n) is 7.23. The Morgan fingerprint density at radius 2 is 2.50 bits per heavy atom. The Balaban J connectivity index is 2.46. The maximum atomic E-state index is 11.3. The van der Waals surface area contributed by atoms with Crippen LogP contribution in [0.2, 0.25) is 0 Å². The molecule has 0 bridgehead atoms. The SMILES string of the molecule is C[C@H](CCO)N1CC(S)CC1=O. The van der Waals surface area contributed by atoms with Crippen LogP contribution < -0.4 is 0 Å². The van der Waals surface area contributed by atoms with Crippen LogP contribution in [0.5, 0.6) is 0 Å². The van der Waals surface area contributed by atoms with Crippen molar-refractivity contribution < 1.29 is 9.90 Å². The van der Waals surface area contributed by atoms with Crippen molar-refractivity contribution in [3.8, 4) is 0 Å². The van der Waals surface area contributed by atoms with Gasteiger partial charge in [-0.15, -0.1) is 0 Å². The van der Waals surface area contributed by atoms with Gasteiger partial charge >= 0.3 is 0 Å². The molecule has 0 aliphatic carbocycles. The number of thiol groups is 1. The lowest BCUT2D eigenvalue weighted by Crippen LogP contribution is -2.35. The first-order valence-corrected chi connectivity index (χ1v) is 4.75. The van der Waals surface area contributed by atoms with Gasteiger partial charge in [-0.05, 0) is 13.3 Å². The smallest absolute Gasteiger partial charge is 0.224 e. The maximum absolute atomic E-state index is 11.3. The van der Waals surface area contributed by atoms with Crippen LogP contribution in [0.15, 0.2) is 0 Å². The van der Waals surface area contributed by atoms with Crippen LogP contribution in [0.4, 0.5) is 0 Å². The Bertz CT molecular complexity index is 174. The molecule has 1 aliphatic rings. The second kappa shape index (κ2) is 4.14. The van der Waals surface area contributed by atoms with Gasteiger partial charge in [-0.1, -0.05) is 0 Å². The van der Waals surface area contributed by atoms with Gasteiger partial charge in [0.25, 0.3) is 0 Å². The van der Waals surface area contributed by atoms with Gasteiger partial charge in [0, 0.05) is 30.9 Å². The van der Waals surface area contributed by atoms with Gasteiger partial charge in [-0.2, -0.15) is 12.6 Å². The molecule has 1 fully saturated rings. The van der Waals surface area contributed by atoms with Crippen molar-refractivity contribution in [1.82, 2.24) is 4.90 Å². The summed E-state index contributed by atoms with van der Waals surface area (Å²) in [6.07, 6.45) is 1.20. The molecule has 1 heterocycles. The summed E-state index contributed by atoms with van der Waals surface area (Å²) in [6.45, 7) is 2.82. The molecule has 12 heavy (non-hydrogen) atoms. The standard InChI is InChI=1S/C8H15NO2S/c1-6(2-3-10)9-5-7(12)4-8(9)11/h6-7,10,12H,2-5H2,1H3/t6-,7?/m1/s1. The predicted octanol–water partition coefficient (Wildman–Crippen LogP) is 0.288. The minimum absolute atomic E-state index is 0.141. The van der Waals surface area contributed by atoms with Crippen molar-refractivity contribution >= 4 is 18.5 Å². The molecule has 3 nitrogen and oxygen atoms in total. The highest BCUT2D eigenvalue weighted by molar-refractivity contribution is 7.81. The molecule has 70 valence electrons. The third kappa shape index (κ3) is 2.14. The number of hydrogen-bond acceptors (Lipinski definition) is 3. The number of likely N-dealkylation sites (tertiary alicyclic amines) is 1. The first kappa shape index (κ1) is 9.86. The summed E-state index contributed by atoms with van der Waals surface area (Å²) < 4.78 is 0. The Morgan fingerprint density at radius 1 is 1.83 bits per heavy atom. The molecule has 0 spiro atoms. The van der Waals surface area contributed by atoms with E-state index < -0.39 is 0 Å². The van der Waals surface area contributed by atoms with Crippen LogP contribution >= 0.6 is 12.6 Å². The molecule has 1 N–H and O–H groups in total. The molecule has 2 atom stereocenters. The van der Waals surface area contributed by atoms with E-state index in [0.717, 1.165) is 6.54 Å². The number of aliphatic hydroxyl groups is 1. The van der Waals surface area contributed by atoms with Crippen LogP contribution in [0.1, 0.15) is 19.8 Å². The molecule has 1 amide bonds. The molecule has 1 saturated heterocycles. The largest absolute Gasteiger partial charge is 0.396 e. The number of amides is 1. The predicted molar refractivity (Wildman–Crippen MR) is 50.3 cm³/mol. The highest BCUT2D eigenvalue weighted by Crippen LogP contribution is 2.19. The number of carbonyl (C=O) groups excluding carboxylic acids is 1. The highest BCUT2D eigenvalue weighted by Gasteiger charge is 2.29. The summed E-state index contributed by atoms with van der Waals surface area (Å²) in [5, 5.41) is 8.87. The lowest BCUT2D eigenvalue weighted by molar-refractivity contribution is -0.129. The summed E-state index contributed by atoms with van der Waals surface area (Å²) in [4.78, 5) is 13.1. The Labute approximate surface area is 78.2 Å². The highest BCUT2D eigenvalue weighted by atomic mass is 32.1. The quantitative estimate of drug-likeness (QED) is 0.626. The van der Waals surface area contributed by atoms with E-state index in [1.54, 1.807) is 4.90 Å². The summed E-state index contributed by atoms with van der Waals surface area (Å²) in [5.41, 5.74) is 0. The second-order valence-electron chi connectivity index (χ2n) is 3.27. The molecule has 0 aromatic heterocycles. The van der Waals surface area contributed by atoms with Gasteiger partial charge in [-0.25, -0.2) is 0 Å². The van der Waals surface area contributed by atoms with Gasteiger partial charge in [-0.3, -0.25) is 4.79 Å². The van der Waals surface area contributed by atoms with Crippen LogP contribution in [0.25, 0.3) is 0 Å². The lowest BCUT2D eigenvalue weighted by atomic mass is 10.2. The fourth-order valence-corrected chi connectivity index (χ4v) is 1.81. The first-order chi connectivity index (χ1) is 5.65. The van der Waals surface area contributed by atoms with E-state index in [1.165, 1.54) is 0 Å². The average Bonchev–Trinajstić information content (AvgIpc) is 2.30. The molecule has 4 heteroatoms. The molecule has 0 radical (unpaired) electrons. The van der Waals surface area contributed by atoms with Crippen LogP contribution in [-0.4, -0.2) is 40.4 Å². The fourth-order valence-electron chi connectivity index (χ4n) is 1.48. The summed E-state index contributed by atoms with van der Waals surface area (Å²) >= 11 is 4.25. The van der Waals surface area contributed by atoms with Gasteiger partial charge in [0.15, 0.2) is 0 Å². The van der Waals surface area contributed by atoms with Gasteiger partial charge in [0.2, 0.25) is 5.91 Å². The molecule has 0 aromatic rings. The number of carbonyl (C=O) groups is 1. The first-order valence-electron chi connectivity index (χ1n) is 4.23. The molecule has 0 saturated carbocycles. The molecule has 1 rings (SSSR count). The van der Waals surface area contributed by atoms with E-state index in [9.17, 15) is 4.79 Å². The van der Waals surface area contributed by atoms with Gasteiger partial charge < -0.3 is 10.0 Å². The van der Waals surface area contributed by atoms with Crippen molar-refractivity contribution in [2.24, 2.45) is 0 Å². The van der Waals surface area contributed by atoms with Crippen LogP contribution in [0, 0.1) is 0 Å². The Hall–Kier alpha value is -0.220. The molecular formula is C8H15NO2S. The van der Waals surface area contributed by atoms with Crippen LogP contribution in [0.3, 0.4) is 0 Å². The van der Waals surface area contributed by atoms with Crippen molar-refractivity contribution in [2.75, 3.05) is 13.2 Å². The molecular weight excluding hydrogens is 174 g/mol. The normalized spacial score (nSPS) is 26.4. The second-order valence-corrected chi connectivity index (χ2v) is 4.00. The summed E-state index contributed by atoms with van der Waals surface area (Å²) in [6, 6.07) is 0.152. The van der Waals surface area contributed by atoms with Crippen molar-refractivity contribution in [2.45, 2.75) is 31.1 Å². The third-order valence-corrected chi connectivity index (χ3v) is 2.56. The number of aliphatic hydroxyl groups excluding tert-OH is 1. The Morgan fingerprint density at radius 3 is 2.92 bits per heavy atom.